The Bertz CT molecular complexity index is 1160. The van der Waals surface area contributed by atoms with Crippen LogP contribution in [0, 0.1) is 16.7 Å². The number of halogens is 3. The van der Waals surface area contributed by atoms with E-state index in [4.69, 9.17) is 9.47 Å². The van der Waals surface area contributed by atoms with Crippen molar-refractivity contribution >= 4 is 11.6 Å². The number of hydrogen-bond acceptors (Lipinski definition) is 6. The molecule has 7 nitrogen and oxygen atoms in total. The van der Waals surface area contributed by atoms with Gasteiger partial charge in [0.25, 0.3) is 0 Å². The maximum Gasteiger partial charge on any atom is 0.416 e. The van der Waals surface area contributed by atoms with Gasteiger partial charge in [-0.25, -0.2) is 4.98 Å². The molecule has 5 rings (SSSR count). The minimum atomic E-state index is -4.62. The fraction of sp³-hybridized carbons (Fsp3) is 0.409. The van der Waals surface area contributed by atoms with Crippen LogP contribution in [-0.4, -0.2) is 41.4 Å². The predicted molar refractivity (Wildman–Crippen MR) is 104 cm³/mol. The second kappa shape index (κ2) is 6.67. The Labute approximate surface area is 180 Å². The SMILES string of the molecule is COc1cc(C23CC2(C(=O)Nc2cc(C(F)(F)F)ccc2C#N)C2CC(O)C3O2)ccn1. The summed E-state index contributed by atoms with van der Waals surface area (Å²) in [6.45, 7) is 0. The van der Waals surface area contributed by atoms with Gasteiger partial charge in [0.15, 0.2) is 0 Å². The number of amides is 1. The summed E-state index contributed by atoms with van der Waals surface area (Å²) >= 11 is 0. The van der Waals surface area contributed by atoms with Gasteiger partial charge in [-0.15, -0.1) is 0 Å². The van der Waals surface area contributed by atoms with Crippen molar-refractivity contribution in [3.8, 4) is 11.9 Å². The molecule has 2 saturated heterocycles. The number of methoxy groups -OCH3 is 1. The van der Waals surface area contributed by atoms with Crippen molar-refractivity contribution in [2.45, 2.75) is 42.7 Å². The lowest BCUT2D eigenvalue weighted by Crippen LogP contribution is -2.44. The Morgan fingerprint density at radius 1 is 1.38 bits per heavy atom. The van der Waals surface area contributed by atoms with Crippen LogP contribution in [0.3, 0.4) is 0 Å². The van der Waals surface area contributed by atoms with E-state index in [0.717, 1.165) is 18.2 Å². The van der Waals surface area contributed by atoms with Crippen LogP contribution in [0.2, 0.25) is 0 Å². The zero-order valence-corrected chi connectivity index (χ0v) is 16.8. The highest BCUT2D eigenvalue weighted by Gasteiger charge is 2.87. The predicted octanol–water partition coefficient (Wildman–Crippen LogP) is 2.78. The lowest BCUT2D eigenvalue weighted by atomic mass is 9.74. The van der Waals surface area contributed by atoms with Crippen LogP contribution < -0.4 is 10.1 Å². The molecule has 3 aliphatic rings. The Hall–Kier alpha value is -3.16. The average Bonchev–Trinajstić information content (AvgIpc) is 3.26. The molecule has 1 aromatic carbocycles. The monoisotopic (exact) mass is 445 g/mol. The zero-order chi connectivity index (χ0) is 22.9. The second-order valence-electron chi connectivity index (χ2n) is 8.38. The first-order valence-electron chi connectivity index (χ1n) is 9.94. The number of rotatable bonds is 4. The Balaban J connectivity index is 1.54. The van der Waals surface area contributed by atoms with Gasteiger partial charge >= 0.3 is 6.18 Å². The lowest BCUT2D eigenvalue weighted by molar-refractivity contribution is -0.137. The van der Waals surface area contributed by atoms with Gasteiger partial charge < -0.3 is 19.9 Å². The first-order valence-corrected chi connectivity index (χ1v) is 9.94. The smallest absolute Gasteiger partial charge is 0.416 e. The fourth-order valence-corrected chi connectivity index (χ4v) is 5.49. The second-order valence-corrected chi connectivity index (χ2v) is 8.38. The van der Waals surface area contributed by atoms with Crippen LogP contribution >= 0.6 is 0 Å². The quantitative estimate of drug-likeness (QED) is 0.750. The maximum absolute atomic E-state index is 13.5. The number of hydrogen-bond donors (Lipinski definition) is 2. The van der Waals surface area contributed by atoms with Gasteiger partial charge in [0.2, 0.25) is 11.8 Å². The molecule has 1 amide bonds. The molecule has 2 N–H and O–H groups in total. The number of aliphatic hydroxyl groups is 1. The summed E-state index contributed by atoms with van der Waals surface area (Å²) in [5, 5.41) is 22.4. The van der Waals surface area contributed by atoms with Crippen LogP contribution in [0.1, 0.15) is 29.5 Å². The van der Waals surface area contributed by atoms with Gasteiger partial charge in [-0.1, -0.05) is 0 Å². The van der Waals surface area contributed by atoms with Crippen molar-refractivity contribution in [2.75, 3.05) is 12.4 Å². The van der Waals surface area contributed by atoms with E-state index < -0.39 is 46.8 Å². The number of nitriles is 1. The number of ether oxygens (including phenoxy) is 2. The number of anilines is 1. The highest BCUT2D eigenvalue weighted by atomic mass is 19.4. The molecule has 1 saturated carbocycles. The summed E-state index contributed by atoms with van der Waals surface area (Å²) in [6, 6.07) is 7.81. The molecular weight excluding hydrogens is 427 g/mol. The van der Waals surface area contributed by atoms with Crippen molar-refractivity contribution in [1.29, 1.82) is 5.26 Å². The van der Waals surface area contributed by atoms with Crippen LogP contribution in [0.4, 0.5) is 18.9 Å². The number of carbonyl (C=O) groups is 1. The summed E-state index contributed by atoms with van der Waals surface area (Å²) in [7, 11) is 1.46. The molecule has 1 aliphatic carbocycles. The van der Waals surface area contributed by atoms with E-state index in [-0.39, 0.29) is 17.7 Å². The fourth-order valence-electron chi connectivity index (χ4n) is 5.49. The molecule has 2 aliphatic heterocycles. The first kappa shape index (κ1) is 20.7. The van der Waals surface area contributed by atoms with E-state index >= 15 is 0 Å². The average molecular weight is 445 g/mol. The molecule has 10 heteroatoms. The highest BCUT2D eigenvalue weighted by Crippen LogP contribution is 2.77. The molecule has 166 valence electrons. The summed E-state index contributed by atoms with van der Waals surface area (Å²) < 4.78 is 50.7. The molecule has 32 heavy (non-hydrogen) atoms. The van der Waals surface area contributed by atoms with Gasteiger partial charge in [0.05, 0.1) is 47.7 Å². The number of nitrogens with one attached hydrogen (secondary N) is 1. The van der Waals surface area contributed by atoms with Crippen molar-refractivity contribution in [3.63, 3.8) is 0 Å². The van der Waals surface area contributed by atoms with Gasteiger partial charge in [-0.3, -0.25) is 4.79 Å². The summed E-state index contributed by atoms with van der Waals surface area (Å²) in [6.07, 6.45) is -4.50. The number of benzene rings is 1. The van der Waals surface area contributed by atoms with Crippen LogP contribution in [0.25, 0.3) is 0 Å². The molecule has 2 aromatic rings. The number of aromatic nitrogens is 1. The number of carbonyl (C=O) groups excluding carboxylic acids is 1. The van der Waals surface area contributed by atoms with Crippen molar-refractivity contribution in [3.05, 3.63) is 53.2 Å². The molecule has 3 fully saturated rings. The lowest BCUT2D eigenvalue weighted by Gasteiger charge is -2.29. The highest BCUT2D eigenvalue weighted by molar-refractivity contribution is 6.02. The van der Waals surface area contributed by atoms with Gasteiger partial charge in [-0.05, 0) is 36.2 Å². The minimum Gasteiger partial charge on any atom is -0.481 e. The van der Waals surface area contributed by atoms with E-state index in [1.54, 1.807) is 12.1 Å². The number of alkyl halides is 3. The third-order valence-electron chi connectivity index (χ3n) is 6.96. The Morgan fingerprint density at radius 2 is 2.16 bits per heavy atom. The standard InChI is InChI=1S/C22H18F3N3O4/c1-31-17-7-12(4-5-27-17)20-10-21(20,16-8-15(29)18(20)32-16)19(30)28-14-6-13(22(23,24)25)3-2-11(14)9-26/h2-7,15-16,18,29H,8,10H2,1H3,(H,28,30). The molecule has 0 spiro atoms. The topological polar surface area (TPSA) is 104 Å². The van der Waals surface area contributed by atoms with Gasteiger partial charge in [0.1, 0.15) is 6.07 Å². The number of aliphatic hydroxyl groups excluding tert-OH is 1. The summed E-state index contributed by atoms with van der Waals surface area (Å²) in [4.78, 5) is 17.6. The Kier molecular flexibility index (Phi) is 4.32. The molecule has 0 radical (unpaired) electrons. The first-order chi connectivity index (χ1) is 15.2. The largest absolute Gasteiger partial charge is 0.481 e. The summed E-state index contributed by atoms with van der Waals surface area (Å²) in [5.74, 6) is -0.205. The van der Waals surface area contributed by atoms with Crippen molar-refractivity contribution < 1.29 is 32.5 Å². The number of pyridine rings is 1. The minimum absolute atomic E-state index is 0.0799. The van der Waals surface area contributed by atoms with Gasteiger partial charge in [-0.2, -0.15) is 18.4 Å². The molecule has 3 heterocycles. The third kappa shape index (κ3) is 2.61. The van der Waals surface area contributed by atoms with Crippen LogP contribution in [-0.2, 0) is 21.1 Å². The molecule has 1 aromatic heterocycles. The normalized spacial score (nSPS) is 32.2. The van der Waals surface area contributed by atoms with Crippen molar-refractivity contribution in [1.82, 2.24) is 4.98 Å². The summed E-state index contributed by atoms with van der Waals surface area (Å²) in [5.41, 5.74) is -2.49. The van der Waals surface area contributed by atoms with Crippen LogP contribution in [0.15, 0.2) is 36.5 Å². The number of nitrogens with zero attached hydrogens (tertiary/aromatic N) is 2. The Morgan fingerprint density at radius 3 is 2.84 bits per heavy atom. The van der Waals surface area contributed by atoms with E-state index in [2.05, 4.69) is 10.3 Å². The maximum atomic E-state index is 13.5. The molecule has 2 bridgehead atoms. The zero-order valence-electron chi connectivity index (χ0n) is 16.8. The van der Waals surface area contributed by atoms with E-state index in [0.29, 0.717) is 17.9 Å². The molecule has 5 atom stereocenters. The van der Waals surface area contributed by atoms with E-state index in [1.165, 1.54) is 13.3 Å². The van der Waals surface area contributed by atoms with E-state index in [9.17, 15) is 28.3 Å². The van der Waals surface area contributed by atoms with Crippen LogP contribution in [0.5, 0.6) is 5.88 Å². The molecular formula is C22H18F3N3O4. The third-order valence-corrected chi connectivity index (χ3v) is 6.96. The van der Waals surface area contributed by atoms with Crippen molar-refractivity contribution in [2.24, 2.45) is 5.41 Å². The molecule has 5 unspecified atom stereocenters. The number of fused-ring (bicyclic) bond motifs is 5. The van der Waals surface area contributed by atoms with E-state index in [1.807, 2.05) is 6.07 Å². The van der Waals surface area contributed by atoms with Gasteiger partial charge in [0, 0.05) is 24.1 Å².